The van der Waals surface area contributed by atoms with E-state index in [2.05, 4.69) is 38.6 Å². The van der Waals surface area contributed by atoms with Crippen LogP contribution in [-0.2, 0) is 6.42 Å². The van der Waals surface area contributed by atoms with Crippen LogP contribution in [0.4, 0.5) is 5.95 Å². The molecule has 7 nitrogen and oxygen atoms in total. The van der Waals surface area contributed by atoms with Crippen LogP contribution in [0.15, 0.2) is 66.0 Å². The van der Waals surface area contributed by atoms with Crippen molar-refractivity contribution in [1.29, 1.82) is 0 Å². The molecule has 0 bridgehead atoms. The molecule has 2 aromatic carbocycles. The molecule has 0 radical (unpaired) electrons. The van der Waals surface area contributed by atoms with Gasteiger partial charge in [0, 0.05) is 42.5 Å². The molecule has 3 aromatic heterocycles. The van der Waals surface area contributed by atoms with Gasteiger partial charge in [-0.15, -0.1) is 21.5 Å². The van der Waals surface area contributed by atoms with Crippen molar-refractivity contribution in [2.75, 3.05) is 24.5 Å². The van der Waals surface area contributed by atoms with Crippen molar-refractivity contribution < 1.29 is 4.79 Å². The fourth-order valence-electron chi connectivity index (χ4n) is 4.73. The Kier molecular flexibility index (Phi) is 5.62. The third-order valence-electron chi connectivity index (χ3n) is 6.46. The Morgan fingerprint density at radius 1 is 1.09 bits per heavy atom. The Bertz CT molecular complexity index is 1520. The number of hydrogen-bond acceptors (Lipinski definition) is 6. The number of benzene rings is 2. The second-order valence-corrected chi connectivity index (χ2v) is 10.2. The van der Waals surface area contributed by atoms with Crippen LogP contribution in [0.25, 0.3) is 16.6 Å². The molecule has 1 fully saturated rings. The fraction of sp³-hybridized carbons (Fsp3) is 0.231. The molecule has 0 spiro atoms. The minimum atomic E-state index is 0.0271. The summed E-state index contributed by atoms with van der Waals surface area (Å²) in [5.74, 6) is 1.70. The second kappa shape index (κ2) is 8.94. The fourth-order valence-corrected chi connectivity index (χ4v) is 5.58. The number of nitrogens with zero attached hydrogens (tertiary/aromatic N) is 6. The van der Waals surface area contributed by atoms with Crippen LogP contribution >= 0.6 is 22.9 Å². The first kappa shape index (κ1) is 22.0. The summed E-state index contributed by atoms with van der Waals surface area (Å²) in [4.78, 5) is 23.0. The minimum Gasteiger partial charge on any atom is -0.338 e. The molecule has 1 saturated heterocycles. The molecule has 1 unspecified atom stereocenters. The van der Waals surface area contributed by atoms with Crippen LogP contribution in [0.1, 0.15) is 28.0 Å². The van der Waals surface area contributed by atoms with Gasteiger partial charge >= 0.3 is 0 Å². The number of hydrogen-bond donors (Lipinski definition) is 0. The molecule has 6 rings (SSSR count). The summed E-state index contributed by atoms with van der Waals surface area (Å²) < 4.78 is 2.06. The highest BCUT2D eigenvalue weighted by Gasteiger charge is 2.31. The van der Waals surface area contributed by atoms with E-state index in [0.29, 0.717) is 31.1 Å². The minimum absolute atomic E-state index is 0.0271. The lowest BCUT2D eigenvalue weighted by atomic mass is 10.1. The maximum atomic E-state index is 13.0. The van der Waals surface area contributed by atoms with Crippen molar-refractivity contribution in [3.8, 4) is 0 Å². The summed E-state index contributed by atoms with van der Waals surface area (Å²) in [7, 11) is 0. The summed E-state index contributed by atoms with van der Waals surface area (Å²) >= 11 is 7.79. The van der Waals surface area contributed by atoms with Gasteiger partial charge in [0.15, 0.2) is 5.65 Å². The van der Waals surface area contributed by atoms with E-state index in [1.54, 1.807) is 0 Å². The van der Waals surface area contributed by atoms with Crippen LogP contribution in [0.2, 0.25) is 5.02 Å². The largest absolute Gasteiger partial charge is 0.338 e. The van der Waals surface area contributed by atoms with Crippen LogP contribution < -0.4 is 4.90 Å². The predicted molar refractivity (Wildman–Crippen MR) is 140 cm³/mol. The zero-order valence-corrected chi connectivity index (χ0v) is 20.7. The summed E-state index contributed by atoms with van der Waals surface area (Å²) in [5, 5.41) is 12.6. The van der Waals surface area contributed by atoms with Crippen molar-refractivity contribution in [3.63, 3.8) is 0 Å². The van der Waals surface area contributed by atoms with E-state index in [0.717, 1.165) is 38.8 Å². The van der Waals surface area contributed by atoms with E-state index < -0.39 is 0 Å². The van der Waals surface area contributed by atoms with E-state index in [4.69, 9.17) is 16.6 Å². The van der Waals surface area contributed by atoms with Gasteiger partial charge in [-0.1, -0.05) is 48.0 Å². The van der Waals surface area contributed by atoms with E-state index in [9.17, 15) is 4.79 Å². The first-order chi connectivity index (χ1) is 17.1. The quantitative estimate of drug-likeness (QED) is 0.348. The van der Waals surface area contributed by atoms with Crippen LogP contribution in [0.5, 0.6) is 0 Å². The normalized spacial score (nSPS) is 16.3. The highest BCUT2D eigenvalue weighted by molar-refractivity contribution is 7.12. The van der Waals surface area contributed by atoms with Gasteiger partial charge in [-0.05, 0) is 42.1 Å². The first-order valence-electron chi connectivity index (χ1n) is 11.5. The molecule has 1 amide bonds. The number of carbonyl (C=O) groups is 1. The molecule has 0 saturated carbocycles. The predicted octanol–water partition coefficient (Wildman–Crippen LogP) is 4.93. The summed E-state index contributed by atoms with van der Waals surface area (Å²) in [6, 6.07) is 19.7. The Balaban J connectivity index is 1.41. The highest BCUT2D eigenvalue weighted by atomic mass is 35.5. The molecule has 5 aromatic rings. The molecule has 1 aliphatic rings. The monoisotopic (exact) mass is 502 g/mol. The molecule has 4 heterocycles. The number of fused-ring (bicyclic) bond motifs is 3. The molecule has 9 heteroatoms. The van der Waals surface area contributed by atoms with Gasteiger partial charge in [-0.2, -0.15) is 0 Å². The van der Waals surface area contributed by atoms with Crippen molar-refractivity contribution in [3.05, 3.63) is 87.3 Å². The number of anilines is 1. The number of carbonyl (C=O) groups excluding carboxylic acids is 1. The SMILES string of the molecule is CC1CN(c2nc3cc(Cl)ccc3c3nnc(Cc4ccccc4)n23)CCN1C(=O)c1cccs1. The van der Waals surface area contributed by atoms with Gasteiger partial charge in [0.05, 0.1) is 10.4 Å². The number of aromatic nitrogens is 4. The molecule has 176 valence electrons. The molecule has 0 N–H and O–H groups in total. The highest BCUT2D eigenvalue weighted by Crippen LogP contribution is 2.29. The molecular formula is C26H23ClN6OS. The lowest BCUT2D eigenvalue weighted by Crippen LogP contribution is -2.54. The lowest BCUT2D eigenvalue weighted by Gasteiger charge is -2.40. The van der Waals surface area contributed by atoms with Gasteiger partial charge < -0.3 is 9.80 Å². The number of piperazine rings is 1. The number of halogens is 1. The maximum absolute atomic E-state index is 13.0. The third kappa shape index (κ3) is 4.02. The van der Waals surface area contributed by atoms with E-state index in [1.165, 1.54) is 11.3 Å². The van der Waals surface area contributed by atoms with Gasteiger partial charge in [0.2, 0.25) is 5.95 Å². The lowest BCUT2D eigenvalue weighted by molar-refractivity contribution is 0.0678. The molecular weight excluding hydrogens is 480 g/mol. The standard InChI is InChI=1S/C26H23ClN6OS/c1-17-16-31(11-12-32(17)25(34)22-8-5-13-35-22)26-28-21-15-19(27)9-10-20(21)24-30-29-23(33(24)26)14-18-6-3-2-4-7-18/h2-10,13,15,17H,11-12,14,16H2,1H3. The van der Waals surface area contributed by atoms with Gasteiger partial charge in [0.25, 0.3) is 5.91 Å². The Hall–Kier alpha value is -3.49. The Morgan fingerprint density at radius 2 is 1.94 bits per heavy atom. The van der Waals surface area contributed by atoms with E-state index in [-0.39, 0.29) is 11.9 Å². The van der Waals surface area contributed by atoms with E-state index in [1.807, 2.05) is 58.8 Å². The number of rotatable bonds is 4. The van der Waals surface area contributed by atoms with Crippen molar-refractivity contribution >= 4 is 51.3 Å². The summed E-state index contributed by atoms with van der Waals surface area (Å²) in [5.41, 5.74) is 2.70. The van der Waals surface area contributed by atoms with Gasteiger partial charge in [-0.25, -0.2) is 9.38 Å². The second-order valence-electron chi connectivity index (χ2n) is 8.78. The van der Waals surface area contributed by atoms with Crippen molar-refractivity contribution in [2.24, 2.45) is 0 Å². The number of amides is 1. The molecule has 1 aliphatic heterocycles. The van der Waals surface area contributed by atoms with Crippen LogP contribution in [0.3, 0.4) is 0 Å². The summed E-state index contributed by atoms with van der Waals surface area (Å²) in [6.45, 7) is 4.03. The van der Waals surface area contributed by atoms with Crippen molar-refractivity contribution in [2.45, 2.75) is 19.4 Å². The smallest absolute Gasteiger partial charge is 0.264 e. The zero-order valence-electron chi connectivity index (χ0n) is 19.1. The van der Waals surface area contributed by atoms with Crippen molar-refractivity contribution in [1.82, 2.24) is 24.5 Å². The third-order valence-corrected chi connectivity index (χ3v) is 7.55. The maximum Gasteiger partial charge on any atom is 0.264 e. The molecule has 1 atom stereocenters. The van der Waals surface area contributed by atoms with Crippen LogP contribution in [-0.4, -0.2) is 56.1 Å². The average molecular weight is 503 g/mol. The first-order valence-corrected chi connectivity index (χ1v) is 12.8. The van der Waals surface area contributed by atoms with Gasteiger partial charge in [-0.3, -0.25) is 4.79 Å². The topological polar surface area (TPSA) is 66.6 Å². The van der Waals surface area contributed by atoms with E-state index >= 15 is 0 Å². The average Bonchev–Trinajstić information content (AvgIpc) is 3.55. The Morgan fingerprint density at radius 3 is 2.71 bits per heavy atom. The molecule has 35 heavy (non-hydrogen) atoms. The zero-order chi connectivity index (χ0) is 23.9. The Labute approximate surface area is 211 Å². The van der Waals surface area contributed by atoms with Gasteiger partial charge in [0.1, 0.15) is 5.82 Å². The van der Waals surface area contributed by atoms with Crippen LogP contribution in [0, 0.1) is 0 Å². The molecule has 0 aliphatic carbocycles. The number of thiophene rings is 1. The summed E-state index contributed by atoms with van der Waals surface area (Å²) in [6.07, 6.45) is 0.641.